The summed E-state index contributed by atoms with van der Waals surface area (Å²) >= 11 is 0. The second kappa shape index (κ2) is 11.8. The molecular formula is C27H30N4O4. The van der Waals surface area contributed by atoms with Crippen LogP contribution < -0.4 is 21.3 Å². The molecule has 1 aliphatic heterocycles. The minimum absolute atomic E-state index is 0.00510. The molecule has 2 aromatic carbocycles. The van der Waals surface area contributed by atoms with Crippen LogP contribution in [0.1, 0.15) is 49.8 Å². The zero-order valence-corrected chi connectivity index (χ0v) is 20.0. The van der Waals surface area contributed by atoms with Gasteiger partial charge >= 0.3 is 0 Å². The summed E-state index contributed by atoms with van der Waals surface area (Å²) < 4.78 is 0. The Labute approximate surface area is 205 Å². The molecule has 0 unspecified atom stereocenters. The van der Waals surface area contributed by atoms with E-state index in [0.717, 1.165) is 16.7 Å². The molecule has 1 heterocycles. The monoisotopic (exact) mass is 474 g/mol. The Morgan fingerprint density at radius 1 is 0.914 bits per heavy atom. The molecule has 1 aliphatic rings. The third-order valence-electron chi connectivity index (χ3n) is 5.70. The van der Waals surface area contributed by atoms with Crippen molar-refractivity contribution in [2.24, 2.45) is 11.7 Å². The Kier molecular flexibility index (Phi) is 8.63. The van der Waals surface area contributed by atoms with Crippen LogP contribution in [0, 0.1) is 17.8 Å². The van der Waals surface area contributed by atoms with Crippen LogP contribution in [-0.4, -0.2) is 36.2 Å². The number of fused-ring (bicyclic) bond motifs is 2. The number of nitrogens with zero attached hydrogens (tertiary/aromatic N) is 1. The van der Waals surface area contributed by atoms with Crippen LogP contribution in [-0.2, 0) is 25.7 Å². The third-order valence-corrected chi connectivity index (χ3v) is 5.70. The van der Waals surface area contributed by atoms with Gasteiger partial charge in [0.2, 0.25) is 23.6 Å². The van der Waals surface area contributed by atoms with Gasteiger partial charge in [-0.05, 0) is 29.7 Å². The molecule has 1 atom stereocenters. The van der Waals surface area contributed by atoms with Gasteiger partial charge in [-0.15, -0.1) is 0 Å². The first-order valence-electron chi connectivity index (χ1n) is 11.6. The zero-order chi connectivity index (χ0) is 25.4. The van der Waals surface area contributed by atoms with Crippen molar-refractivity contribution >= 4 is 29.3 Å². The van der Waals surface area contributed by atoms with Gasteiger partial charge in [0, 0.05) is 36.9 Å². The number of hydrogen-bond acceptors (Lipinski definition) is 4. The van der Waals surface area contributed by atoms with Crippen molar-refractivity contribution in [1.82, 2.24) is 10.6 Å². The van der Waals surface area contributed by atoms with Gasteiger partial charge in [0.15, 0.2) is 0 Å². The summed E-state index contributed by atoms with van der Waals surface area (Å²) in [5, 5.41) is 5.23. The maximum atomic E-state index is 13.2. The standard InChI is InChI=1S/C27H30N4O4/c1-18(2)26(27(28)35)30-24(33)15-16-29-23(32)13-14-25(34)31-17-21-9-4-3-7-19(21)11-12-20-8-5-6-10-22(20)31/h3-10,18,26H,13-17H2,1-2H3,(H2,28,35)(H,29,32)(H,30,33)/t26-/m0/s1. The SMILES string of the molecule is CC(C)[C@H](NC(=O)CCNC(=O)CCC(=O)N1Cc2ccccc2C#Cc2ccccc21)C(N)=O. The van der Waals surface area contributed by atoms with Crippen molar-refractivity contribution in [1.29, 1.82) is 0 Å². The minimum Gasteiger partial charge on any atom is -0.368 e. The van der Waals surface area contributed by atoms with Crippen LogP contribution >= 0.6 is 0 Å². The number of nitrogens with one attached hydrogen (secondary N) is 2. The number of primary amides is 1. The lowest BCUT2D eigenvalue weighted by Crippen LogP contribution is -2.48. The van der Waals surface area contributed by atoms with Gasteiger partial charge in [-0.1, -0.05) is 56.0 Å². The summed E-state index contributed by atoms with van der Waals surface area (Å²) in [6, 6.07) is 14.4. The van der Waals surface area contributed by atoms with Gasteiger partial charge in [-0.3, -0.25) is 19.2 Å². The normalized spacial score (nSPS) is 12.7. The van der Waals surface area contributed by atoms with Crippen molar-refractivity contribution < 1.29 is 19.2 Å². The van der Waals surface area contributed by atoms with Crippen molar-refractivity contribution in [3.05, 3.63) is 65.2 Å². The number of hydrogen-bond donors (Lipinski definition) is 3. The summed E-state index contributed by atoms with van der Waals surface area (Å²) in [5.41, 5.74) is 8.57. The lowest BCUT2D eigenvalue weighted by molar-refractivity contribution is -0.128. The van der Waals surface area contributed by atoms with E-state index in [0.29, 0.717) is 12.2 Å². The van der Waals surface area contributed by atoms with Gasteiger partial charge in [0.1, 0.15) is 6.04 Å². The van der Waals surface area contributed by atoms with Gasteiger partial charge in [-0.25, -0.2) is 0 Å². The maximum Gasteiger partial charge on any atom is 0.240 e. The largest absolute Gasteiger partial charge is 0.368 e. The van der Waals surface area contributed by atoms with Gasteiger partial charge in [0.25, 0.3) is 0 Å². The Bertz CT molecular complexity index is 1180. The molecule has 0 aliphatic carbocycles. The third kappa shape index (κ3) is 6.93. The van der Waals surface area contributed by atoms with E-state index in [1.165, 1.54) is 0 Å². The molecule has 0 saturated carbocycles. The van der Waals surface area contributed by atoms with Crippen LogP contribution in [0.5, 0.6) is 0 Å². The number of benzene rings is 2. The van der Waals surface area contributed by atoms with Crippen molar-refractivity contribution in [3.63, 3.8) is 0 Å². The highest BCUT2D eigenvalue weighted by atomic mass is 16.2. The lowest BCUT2D eigenvalue weighted by Gasteiger charge is -2.26. The van der Waals surface area contributed by atoms with Crippen LogP contribution in [0.4, 0.5) is 5.69 Å². The Balaban J connectivity index is 1.55. The molecule has 8 heteroatoms. The number of nitrogens with two attached hydrogens (primary N) is 1. The quantitative estimate of drug-likeness (QED) is 0.480. The van der Waals surface area contributed by atoms with Crippen LogP contribution in [0.15, 0.2) is 48.5 Å². The van der Waals surface area contributed by atoms with Crippen LogP contribution in [0.3, 0.4) is 0 Å². The summed E-state index contributed by atoms with van der Waals surface area (Å²) in [6.07, 6.45) is 0.00650. The molecule has 0 radical (unpaired) electrons. The van der Waals surface area contributed by atoms with E-state index in [4.69, 9.17) is 5.73 Å². The predicted molar refractivity (Wildman–Crippen MR) is 133 cm³/mol. The molecule has 3 rings (SSSR count). The average molecular weight is 475 g/mol. The van der Waals surface area contributed by atoms with Crippen LogP contribution in [0.25, 0.3) is 0 Å². The minimum atomic E-state index is -0.758. The van der Waals surface area contributed by atoms with Crippen LogP contribution in [0.2, 0.25) is 0 Å². The van der Waals surface area contributed by atoms with Gasteiger partial charge in [0.05, 0.1) is 12.2 Å². The van der Waals surface area contributed by atoms with Crippen molar-refractivity contribution in [2.75, 3.05) is 11.4 Å². The first kappa shape index (κ1) is 25.5. The molecule has 4 N–H and O–H groups in total. The molecule has 35 heavy (non-hydrogen) atoms. The molecular weight excluding hydrogens is 444 g/mol. The van der Waals surface area contributed by atoms with Gasteiger partial charge in [-0.2, -0.15) is 0 Å². The van der Waals surface area contributed by atoms with E-state index in [1.54, 1.807) is 18.7 Å². The fraction of sp³-hybridized carbons (Fsp3) is 0.333. The molecule has 182 valence electrons. The number of amides is 4. The maximum absolute atomic E-state index is 13.2. The average Bonchev–Trinajstić information content (AvgIpc) is 2.82. The highest BCUT2D eigenvalue weighted by Crippen LogP contribution is 2.26. The number of carbonyl (C=O) groups excluding carboxylic acids is 4. The molecule has 0 saturated heterocycles. The Hall–Kier alpha value is -4.12. The zero-order valence-electron chi connectivity index (χ0n) is 20.0. The lowest BCUT2D eigenvalue weighted by atomic mass is 10.0. The molecule has 0 spiro atoms. The number of para-hydroxylation sites is 1. The van der Waals surface area contributed by atoms with Crippen molar-refractivity contribution in [2.45, 2.75) is 45.7 Å². The smallest absolute Gasteiger partial charge is 0.240 e. The summed E-state index contributed by atoms with van der Waals surface area (Å²) in [6.45, 7) is 4.02. The summed E-state index contributed by atoms with van der Waals surface area (Å²) in [4.78, 5) is 50.6. The second-order valence-corrected chi connectivity index (χ2v) is 8.70. The molecule has 8 nitrogen and oxygen atoms in total. The molecule has 0 aromatic heterocycles. The highest BCUT2D eigenvalue weighted by molar-refractivity contribution is 5.97. The Morgan fingerprint density at radius 3 is 2.29 bits per heavy atom. The first-order valence-corrected chi connectivity index (χ1v) is 11.6. The number of rotatable bonds is 9. The van der Waals surface area contributed by atoms with Gasteiger partial charge < -0.3 is 21.3 Å². The van der Waals surface area contributed by atoms with Crippen molar-refractivity contribution in [3.8, 4) is 11.8 Å². The fourth-order valence-electron chi connectivity index (χ4n) is 3.78. The van der Waals surface area contributed by atoms with E-state index < -0.39 is 11.9 Å². The highest BCUT2D eigenvalue weighted by Gasteiger charge is 2.23. The fourth-order valence-corrected chi connectivity index (χ4v) is 3.78. The summed E-state index contributed by atoms with van der Waals surface area (Å²) in [7, 11) is 0. The molecule has 4 amide bonds. The first-order chi connectivity index (χ1) is 16.8. The second-order valence-electron chi connectivity index (χ2n) is 8.70. The number of anilines is 1. The summed E-state index contributed by atoms with van der Waals surface area (Å²) in [5.74, 6) is 4.69. The van der Waals surface area contributed by atoms with E-state index in [2.05, 4.69) is 22.5 Å². The Morgan fingerprint density at radius 2 is 1.57 bits per heavy atom. The van der Waals surface area contributed by atoms with E-state index in [-0.39, 0.29) is 49.4 Å². The van der Waals surface area contributed by atoms with E-state index in [9.17, 15) is 19.2 Å². The van der Waals surface area contributed by atoms with E-state index >= 15 is 0 Å². The molecule has 0 fully saturated rings. The molecule has 2 aromatic rings. The van der Waals surface area contributed by atoms with E-state index in [1.807, 2.05) is 48.5 Å². The topological polar surface area (TPSA) is 122 Å². The number of carbonyl (C=O) groups is 4. The predicted octanol–water partition coefficient (Wildman–Crippen LogP) is 1.85. The molecule has 0 bridgehead atoms.